The third kappa shape index (κ3) is 5.15. The Kier molecular flexibility index (Phi) is 6.60. The molecule has 0 radical (unpaired) electrons. The van der Waals surface area contributed by atoms with E-state index in [0.29, 0.717) is 37.1 Å². The van der Waals surface area contributed by atoms with Crippen LogP contribution < -0.4 is 15.1 Å². The quantitative estimate of drug-likeness (QED) is 0.663. The Balaban J connectivity index is 1.76. The van der Waals surface area contributed by atoms with Gasteiger partial charge < -0.3 is 15.4 Å². The highest BCUT2D eigenvalue weighted by Crippen LogP contribution is 2.31. The summed E-state index contributed by atoms with van der Waals surface area (Å²) in [5, 5.41) is 0. The first-order valence-electron chi connectivity index (χ1n) is 8.97. The molecule has 144 valence electrons. The van der Waals surface area contributed by atoms with Crippen LogP contribution in [0.3, 0.4) is 0 Å². The van der Waals surface area contributed by atoms with Crippen molar-refractivity contribution in [3.63, 3.8) is 0 Å². The van der Waals surface area contributed by atoms with Crippen molar-refractivity contribution in [2.75, 3.05) is 36.1 Å². The SMILES string of the molecule is COCCN(CC1CC1)c1cc(C(=O)N(Cl)c2ccc(CN)cc2)ncn1. The molecular weight excluding hydrogens is 366 g/mol. The molecule has 1 amide bonds. The highest BCUT2D eigenvalue weighted by Gasteiger charge is 2.26. The summed E-state index contributed by atoms with van der Waals surface area (Å²) in [6, 6.07) is 8.88. The van der Waals surface area contributed by atoms with Crippen LogP contribution in [0, 0.1) is 5.92 Å². The van der Waals surface area contributed by atoms with E-state index in [1.54, 1.807) is 25.3 Å². The number of anilines is 2. The first kappa shape index (κ1) is 19.5. The molecule has 7 nitrogen and oxygen atoms in total. The second-order valence-electron chi connectivity index (χ2n) is 6.60. The van der Waals surface area contributed by atoms with E-state index >= 15 is 0 Å². The Labute approximate surface area is 164 Å². The fraction of sp³-hybridized carbons (Fsp3) is 0.421. The molecule has 0 unspecified atom stereocenters. The number of benzene rings is 1. The van der Waals surface area contributed by atoms with Crippen LogP contribution in [0.2, 0.25) is 0 Å². The lowest BCUT2D eigenvalue weighted by atomic mass is 10.2. The molecule has 1 aliphatic rings. The van der Waals surface area contributed by atoms with E-state index in [2.05, 4.69) is 14.9 Å². The number of carbonyl (C=O) groups excluding carboxylic acids is 1. The zero-order chi connectivity index (χ0) is 19.2. The van der Waals surface area contributed by atoms with Crippen LogP contribution in [-0.4, -0.2) is 42.7 Å². The van der Waals surface area contributed by atoms with E-state index < -0.39 is 5.91 Å². The third-order valence-electron chi connectivity index (χ3n) is 4.51. The summed E-state index contributed by atoms with van der Waals surface area (Å²) in [6.07, 6.45) is 3.86. The minimum Gasteiger partial charge on any atom is -0.383 e. The Bertz CT molecular complexity index is 767. The zero-order valence-corrected chi connectivity index (χ0v) is 16.1. The zero-order valence-electron chi connectivity index (χ0n) is 15.3. The Morgan fingerprint density at radius 3 is 2.67 bits per heavy atom. The minimum absolute atomic E-state index is 0.246. The Morgan fingerprint density at radius 2 is 2.04 bits per heavy atom. The summed E-state index contributed by atoms with van der Waals surface area (Å²) < 4.78 is 6.26. The number of methoxy groups -OCH3 is 1. The molecule has 3 rings (SSSR count). The average molecular weight is 390 g/mol. The molecule has 0 aliphatic heterocycles. The van der Waals surface area contributed by atoms with Gasteiger partial charge in [-0.25, -0.2) is 14.4 Å². The summed E-state index contributed by atoms with van der Waals surface area (Å²) in [4.78, 5) is 23.3. The summed E-state index contributed by atoms with van der Waals surface area (Å²) in [5.41, 5.74) is 7.38. The number of halogens is 1. The smallest absolute Gasteiger partial charge is 0.291 e. The maximum Gasteiger partial charge on any atom is 0.291 e. The number of amides is 1. The van der Waals surface area contributed by atoms with Gasteiger partial charge in [-0.1, -0.05) is 12.1 Å². The molecule has 0 saturated heterocycles. The van der Waals surface area contributed by atoms with Gasteiger partial charge in [0.25, 0.3) is 5.91 Å². The molecule has 2 aromatic rings. The van der Waals surface area contributed by atoms with Crippen molar-refractivity contribution in [3.05, 3.63) is 47.9 Å². The highest BCUT2D eigenvalue weighted by molar-refractivity contribution is 6.39. The number of aromatic nitrogens is 2. The highest BCUT2D eigenvalue weighted by atomic mass is 35.5. The van der Waals surface area contributed by atoms with E-state index in [1.165, 1.54) is 19.2 Å². The molecule has 27 heavy (non-hydrogen) atoms. The van der Waals surface area contributed by atoms with E-state index in [9.17, 15) is 4.79 Å². The van der Waals surface area contributed by atoms with Gasteiger partial charge in [0, 0.05) is 44.6 Å². The van der Waals surface area contributed by atoms with E-state index in [4.69, 9.17) is 22.2 Å². The maximum atomic E-state index is 12.8. The van der Waals surface area contributed by atoms with Crippen molar-refractivity contribution in [2.45, 2.75) is 19.4 Å². The van der Waals surface area contributed by atoms with Crippen molar-refractivity contribution < 1.29 is 9.53 Å². The largest absolute Gasteiger partial charge is 0.383 e. The fourth-order valence-electron chi connectivity index (χ4n) is 2.73. The fourth-order valence-corrected chi connectivity index (χ4v) is 2.93. The van der Waals surface area contributed by atoms with Crippen LogP contribution in [0.15, 0.2) is 36.7 Å². The van der Waals surface area contributed by atoms with Gasteiger partial charge in [-0.15, -0.1) is 0 Å². The molecular formula is C19H24ClN5O2. The normalized spacial score (nSPS) is 13.4. The lowest BCUT2D eigenvalue weighted by Crippen LogP contribution is -2.31. The van der Waals surface area contributed by atoms with Crippen LogP contribution in [0.5, 0.6) is 0 Å². The number of hydrogen-bond acceptors (Lipinski definition) is 6. The number of ether oxygens (including phenoxy) is 1. The molecule has 0 spiro atoms. The van der Waals surface area contributed by atoms with Crippen LogP contribution in [0.1, 0.15) is 28.9 Å². The standard InChI is InChI=1S/C19H24ClN5O2/c1-27-9-8-24(12-15-2-3-15)18-10-17(22-13-23-18)19(26)25(20)16-6-4-14(11-21)5-7-16/h4-7,10,13,15H,2-3,8-9,11-12,21H2,1H3. The second kappa shape index (κ2) is 9.12. The summed E-state index contributed by atoms with van der Waals surface area (Å²) in [6.45, 7) is 2.64. The number of nitrogens with two attached hydrogens (primary N) is 1. The number of nitrogens with zero attached hydrogens (tertiary/aromatic N) is 4. The maximum absolute atomic E-state index is 12.8. The van der Waals surface area contributed by atoms with Gasteiger partial charge in [0.1, 0.15) is 17.8 Å². The van der Waals surface area contributed by atoms with Crippen LogP contribution in [-0.2, 0) is 11.3 Å². The first-order valence-corrected chi connectivity index (χ1v) is 9.31. The van der Waals surface area contributed by atoms with Crippen molar-refractivity contribution in [1.82, 2.24) is 9.97 Å². The summed E-state index contributed by atoms with van der Waals surface area (Å²) in [5.74, 6) is 0.987. The molecule has 8 heteroatoms. The molecule has 0 bridgehead atoms. The molecule has 2 N–H and O–H groups in total. The first-order chi connectivity index (χ1) is 13.1. The predicted molar refractivity (Wildman–Crippen MR) is 106 cm³/mol. The van der Waals surface area contributed by atoms with Crippen molar-refractivity contribution in [3.8, 4) is 0 Å². The van der Waals surface area contributed by atoms with Gasteiger partial charge in [0.2, 0.25) is 0 Å². The van der Waals surface area contributed by atoms with Gasteiger partial charge in [0.15, 0.2) is 0 Å². The lowest BCUT2D eigenvalue weighted by molar-refractivity contribution is 0.100. The average Bonchev–Trinajstić information content (AvgIpc) is 3.54. The molecule has 1 fully saturated rings. The Hall–Kier alpha value is -2.22. The third-order valence-corrected chi connectivity index (χ3v) is 4.86. The van der Waals surface area contributed by atoms with Gasteiger partial charge in [-0.05, 0) is 36.5 Å². The van der Waals surface area contributed by atoms with Crippen LogP contribution >= 0.6 is 11.8 Å². The van der Waals surface area contributed by atoms with E-state index in [-0.39, 0.29) is 5.69 Å². The van der Waals surface area contributed by atoms with Gasteiger partial charge >= 0.3 is 0 Å². The molecule has 1 heterocycles. The summed E-state index contributed by atoms with van der Waals surface area (Å²) in [7, 11) is 1.67. The van der Waals surface area contributed by atoms with Crippen LogP contribution in [0.4, 0.5) is 11.5 Å². The van der Waals surface area contributed by atoms with Gasteiger partial charge in [-0.3, -0.25) is 4.79 Å². The Morgan fingerprint density at radius 1 is 1.30 bits per heavy atom. The van der Waals surface area contributed by atoms with E-state index in [0.717, 1.165) is 16.5 Å². The van der Waals surface area contributed by atoms with E-state index in [1.807, 2.05) is 12.1 Å². The van der Waals surface area contributed by atoms with Crippen molar-refractivity contribution in [1.29, 1.82) is 0 Å². The monoisotopic (exact) mass is 389 g/mol. The van der Waals surface area contributed by atoms with Crippen molar-refractivity contribution >= 4 is 29.2 Å². The second-order valence-corrected chi connectivity index (χ2v) is 6.94. The summed E-state index contributed by atoms with van der Waals surface area (Å²) >= 11 is 6.26. The number of rotatable bonds is 9. The number of hydrogen-bond donors (Lipinski definition) is 1. The van der Waals surface area contributed by atoms with Gasteiger partial charge in [-0.2, -0.15) is 0 Å². The molecule has 1 aromatic carbocycles. The molecule has 1 aliphatic carbocycles. The van der Waals surface area contributed by atoms with Gasteiger partial charge in [0.05, 0.1) is 12.3 Å². The topological polar surface area (TPSA) is 84.6 Å². The van der Waals surface area contributed by atoms with Crippen LogP contribution in [0.25, 0.3) is 0 Å². The molecule has 1 saturated carbocycles. The molecule has 1 aromatic heterocycles. The molecule has 0 atom stereocenters. The van der Waals surface area contributed by atoms with Crippen molar-refractivity contribution in [2.24, 2.45) is 11.7 Å². The minimum atomic E-state index is -0.404. The predicted octanol–water partition coefficient (Wildman–Crippen LogP) is 2.60. The number of carbonyl (C=O) groups is 1. The lowest BCUT2D eigenvalue weighted by Gasteiger charge is -2.23.